The standard InChI is InChI=1S/C29H35N5O4/c1-18(2)34(28(35)38-29(3,4)5)22-11-12-33(16-22)25-10-9-24-23-8-7-19(13-21(23)17-37-27(24)31-25)20-14-26(36-6)32-30-15-20/h7-10,13-15,18,22H,11-12,16-17H2,1-6H3. The average Bonchev–Trinajstić information content (AvgIpc) is 3.36. The Kier molecular flexibility index (Phi) is 6.86. The predicted octanol–water partition coefficient (Wildman–Crippen LogP) is 5.33. The molecule has 1 amide bonds. The first-order chi connectivity index (χ1) is 18.1. The zero-order chi connectivity index (χ0) is 27.0. The minimum Gasteiger partial charge on any atom is -0.480 e. The fourth-order valence-electron chi connectivity index (χ4n) is 5.10. The van der Waals surface area contributed by atoms with E-state index in [1.807, 2.05) is 51.7 Å². The van der Waals surface area contributed by atoms with E-state index in [2.05, 4.69) is 39.4 Å². The van der Waals surface area contributed by atoms with Crippen LogP contribution in [0.2, 0.25) is 0 Å². The minimum atomic E-state index is -0.529. The van der Waals surface area contributed by atoms with Crippen molar-refractivity contribution in [3.63, 3.8) is 0 Å². The number of pyridine rings is 1. The summed E-state index contributed by atoms with van der Waals surface area (Å²) in [5.41, 5.74) is 4.60. The van der Waals surface area contributed by atoms with Crippen LogP contribution in [0.15, 0.2) is 42.6 Å². The summed E-state index contributed by atoms with van der Waals surface area (Å²) in [5.74, 6) is 1.96. The monoisotopic (exact) mass is 517 g/mol. The molecule has 1 fully saturated rings. The van der Waals surface area contributed by atoms with E-state index >= 15 is 0 Å². The predicted molar refractivity (Wildman–Crippen MR) is 145 cm³/mol. The first-order valence-electron chi connectivity index (χ1n) is 13.0. The first-order valence-corrected chi connectivity index (χ1v) is 13.0. The van der Waals surface area contributed by atoms with E-state index in [4.69, 9.17) is 19.2 Å². The van der Waals surface area contributed by atoms with Crippen molar-refractivity contribution in [3.05, 3.63) is 48.2 Å². The molecule has 1 aromatic carbocycles. The highest BCUT2D eigenvalue weighted by Gasteiger charge is 2.35. The van der Waals surface area contributed by atoms with E-state index in [-0.39, 0.29) is 18.2 Å². The molecular formula is C29H35N5O4. The van der Waals surface area contributed by atoms with Crippen molar-refractivity contribution in [1.82, 2.24) is 20.1 Å². The maximum absolute atomic E-state index is 12.9. The van der Waals surface area contributed by atoms with Gasteiger partial charge in [0.25, 0.3) is 0 Å². The minimum absolute atomic E-state index is 0.0417. The highest BCUT2D eigenvalue weighted by molar-refractivity contribution is 5.78. The molecule has 3 aromatic rings. The van der Waals surface area contributed by atoms with Crippen molar-refractivity contribution in [1.29, 1.82) is 0 Å². The summed E-state index contributed by atoms with van der Waals surface area (Å²) in [5, 5.41) is 7.98. The topological polar surface area (TPSA) is 89.9 Å². The number of rotatable bonds is 5. The van der Waals surface area contributed by atoms with Crippen LogP contribution in [0.25, 0.3) is 22.3 Å². The van der Waals surface area contributed by atoms with Gasteiger partial charge in [0, 0.05) is 36.3 Å². The second-order valence-electron chi connectivity index (χ2n) is 11.0. The molecule has 0 radical (unpaired) electrons. The van der Waals surface area contributed by atoms with Crippen molar-refractivity contribution in [3.8, 4) is 34.0 Å². The number of methoxy groups -OCH3 is 1. The highest BCUT2D eigenvalue weighted by atomic mass is 16.6. The molecule has 1 unspecified atom stereocenters. The Balaban J connectivity index is 1.34. The zero-order valence-corrected chi connectivity index (χ0v) is 22.9. The van der Waals surface area contributed by atoms with E-state index in [0.29, 0.717) is 24.9 Å². The maximum Gasteiger partial charge on any atom is 0.410 e. The van der Waals surface area contributed by atoms with Gasteiger partial charge in [-0.05, 0) is 75.9 Å². The molecule has 0 spiro atoms. The van der Waals surface area contributed by atoms with Crippen LogP contribution in [0.5, 0.6) is 11.8 Å². The first kappa shape index (κ1) is 25.8. The van der Waals surface area contributed by atoms with E-state index in [9.17, 15) is 4.79 Å². The van der Waals surface area contributed by atoms with Gasteiger partial charge in [-0.15, -0.1) is 5.10 Å². The Hall–Kier alpha value is -3.88. The molecule has 4 heterocycles. The lowest BCUT2D eigenvalue weighted by Gasteiger charge is -2.34. The molecule has 2 aromatic heterocycles. The lowest BCUT2D eigenvalue weighted by atomic mass is 9.95. The quantitative estimate of drug-likeness (QED) is 0.449. The largest absolute Gasteiger partial charge is 0.480 e. The Morgan fingerprint density at radius 1 is 1.13 bits per heavy atom. The van der Waals surface area contributed by atoms with E-state index in [1.165, 1.54) is 0 Å². The van der Waals surface area contributed by atoms with Gasteiger partial charge in [0.15, 0.2) is 0 Å². The number of hydrogen-bond donors (Lipinski definition) is 0. The number of hydrogen-bond acceptors (Lipinski definition) is 8. The van der Waals surface area contributed by atoms with Crippen molar-refractivity contribution >= 4 is 11.9 Å². The number of aromatic nitrogens is 3. The molecule has 0 bridgehead atoms. The Bertz CT molecular complexity index is 1340. The molecule has 38 heavy (non-hydrogen) atoms. The van der Waals surface area contributed by atoms with Gasteiger partial charge < -0.3 is 24.0 Å². The van der Waals surface area contributed by atoms with Crippen LogP contribution >= 0.6 is 0 Å². The summed E-state index contributed by atoms with van der Waals surface area (Å²) >= 11 is 0. The summed E-state index contributed by atoms with van der Waals surface area (Å²) in [6, 6.07) is 12.4. The van der Waals surface area contributed by atoms with Crippen molar-refractivity contribution < 1.29 is 19.0 Å². The second kappa shape index (κ2) is 10.1. The number of carbonyl (C=O) groups is 1. The van der Waals surface area contributed by atoms with Gasteiger partial charge >= 0.3 is 6.09 Å². The van der Waals surface area contributed by atoms with Crippen molar-refractivity contribution in [2.24, 2.45) is 0 Å². The second-order valence-corrected chi connectivity index (χ2v) is 11.0. The van der Waals surface area contributed by atoms with Crippen LogP contribution in [0.1, 0.15) is 46.6 Å². The van der Waals surface area contributed by atoms with Crippen LogP contribution in [0.4, 0.5) is 10.6 Å². The molecule has 0 N–H and O–H groups in total. The molecule has 2 aliphatic heterocycles. The summed E-state index contributed by atoms with van der Waals surface area (Å²) in [7, 11) is 1.58. The molecule has 5 rings (SSSR count). The summed E-state index contributed by atoms with van der Waals surface area (Å²) in [6.07, 6.45) is 2.32. The molecule has 2 aliphatic rings. The fourth-order valence-corrected chi connectivity index (χ4v) is 5.10. The number of amides is 1. The van der Waals surface area contributed by atoms with Crippen LogP contribution in [0.3, 0.4) is 0 Å². The van der Waals surface area contributed by atoms with Gasteiger partial charge in [0.05, 0.1) is 19.3 Å². The van der Waals surface area contributed by atoms with Gasteiger partial charge in [0.1, 0.15) is 18.0 Å². The third-order valence-electron chi connectivity index (χ3n) is 6.82. The zero-order valence-electron chi connectivity index (χ0n) is 22.9. The lowest BCUT2D eigenvalue weighted by molar-refractivity contribution is 0.0107. The van der Waals surface area contributed by atoms with Gasteiger partial charge in [-0.2, -0.15) is 10.1 Å². The maximum atomic E-state index is 12.9. The van der Waals surface area contributed by atoms with Gasteiger partial charge in [0.2, 0.25) is 11.8 Å². The number of ether oxygens (including phenoxy) is 3. The van der Waals surface area contributed by atoms with Gasteiger partial charge in [-0.3, -0.25) is 0 Å². The Labute approximate surface area is 223 Å². The molecule has 0 aliphatic carbocycles. The smallest absolute Gasteiger partial charge is 0.410 e. The van der Waals surface area contributed by atoms with Gasteiger partial charge in [-0.1, -0.05) is 12.1 Å². The number of nitrogens with zero attached hydrogens (tertiary/aromatic N) is 5. The molecule has 1 atom stereocenters. The lowest BCUT2D eigenvalue weighted by Crippen LogP contribution is -2.48. The van der Waals surface area contributed by atoms with Crippen LogP contribution < -0.4 is 14.4 Å². The number of carbonyl (C=O) groups excluding carboxylic acids is 1. The van der Waals surface area contributed by atoms with Crippen molar-refractivity contribution in [2.45, 2.75) is 65.3 Å². The van der Waals surface area contributed by atoms with Crippen LogP contribution in [-0.4, -0.2) is 64.1 Å². The van der Waals surface area contributed by atoms with Gasteiger partial charge in [-0.25, -0.2) is 4.79 Å². The van der Waals surface area contributed by atoms with Crippen LogP contribution in [-0.2, 0) is 11.3 Å². The highest BCUT2D eigenvalue weighted by Crippen LogP contribution is 2.39. The Morgan fingerprint density at radius 3 is 2.66 bits per heavy atom. The number of benzene rings is 1. The third-order valence-corrected chi connectivity index (χ3v) is 6.82. The normalized spacial score (nSPS) is 16.5. The Morgan fingerprint density at radius 2 is 1.92 bits per heavy atom. The molecule has 9 nitrogen and oxygen atoms in total. The fraction of sp³-hybridized carbons (Fsp3) is 0.448. The summed E-state index contributed by atoms with van der Waals surface area (Å²) in [4.78, 5) is 21.9. The van der Waals surface area contributed by atoms with Crippen molar-refractivity contribution in [2.75, 3.05) is 25.1 Å². The molecule has 0 saturated carbocycles. The number of fused-ring (bicyclic) bond motifs is 3. The summed E-state index contributed by atoms with van der Waals surface area (Å²) in [6.45, 7) is 11.7. The third kappa shape index (κ3) is 5.23. The summed E-state index contributed by atoms with van der Waals surface area (Å²) < 4.78 is 17.0. The van der Waals surface area contributed by atoms with E-state index in [0.717, 1.165) is 46.6 Å². The molecule has 200 valence electrons. The van der Waals surface area contributed by atoms with E-state index < -0.39 is 5.60 Å². The molecule has 1 saturated heterocycles. The SMILES string of the molecule is COc1cc(-c2ccc3c(c2)COc2nc(N4CCC(N(C(=O)OC(C)(C)C)C(C)C)C4)ccc2-3)cnn1. The average molecular weight is 518 g/mol. The van der Waals surface area contributed by atoms with E-state index in [1.54, 1.807) is 13.3 Å². The molecule has 9 heteroatoms. The van der Waals surface area contributed by atoms with Crippen LogP contribution in [0, 0.1) is 0 Å². The number of anilines is 1. The molecular weight excluding hydrogens is 482 g/mol.